The Morgan fingerprint density at radius 3 is 2.67 bits per heavy atom. The molecule has 0 amide bonds. The van der Waals surface area contributed by atoms with Gasteiger partial charge in [0.05, 0.1) is 4.92 Å². The van der Waals surface area contributed by atoms with Crippen molar-refractivity contribution in [3.05, 3.63) is 32.2 Å². The lowest BCUT2D eigenvalue weighted by Gasteiger charge is -2.06. The molecule has 0 aliphatic carbocycles. The number of hydrogen-bond donors (Lipinski definition) is 1. The summed E-state index contributed by atoms with van der Waals surface area (Å²) in [4.78, 5) is 35.1. The van der Waals surface area contributed by atoms with Crippen LogP contribution in [0.3, 0.4) is 0 Å². The topological polar surface area (TPSA) is 102 Å². The first-order chi connectivity index (χ1) is 8.31. The van der Waals surface area contributed by atoms with Gasteiger partial charge in [0.15, 0.2) is 0 Å². The molecule has 0 saturated heterocycles. The fourth-order valence-corrected chi connectivity index (χ4v) is 1.40. The Balaban J connectivity index is 3.11. The molecule has 0 unspecified atom stereocenters. The number of nitrogens with zero attached hydrogens (tertiary/aromatic N) is 1. The maximum absolute atomic E-state index is 11.5. The van der Waals surface area contributed by atoms with E-state index in [1.807, 2.05) is 13.8 Å². The van der Waals surface area contributed by atoms with Gasteiger partial charge in [-0.2, -0.15) is 0 Å². The molecule has 0 atom stereocenters. The first-order valence-corrected chi connectivity index (χ1v) is 5.40. The Kier molecular flexibility index (Phi) is 4.19. The van der Waals surface area contributed by atoms with Crippen LogP contribution in [0.5, 0.6) is 5.75 Å². The molecule has 1 aromatic rings. The van der Waals surface area contributed by atoms with Crippen LogP contribution >= 0.6 is 0 Å². The molecule has 0 spiro atoms. The van der Waals surface area contributed by atoms with Crippen LogP contribution < -0.4 is 10.3 Å². The summed E-state index contributed by atoms with van der Waals surface area (Å²) in [6, 6.07) is 1.26. The van der Waals surface area contributed by atoms with Crippen LogP contribution in [-0.4, -0.2) is 15.9 Å². The number of hydrogen-bond acceptors (Lipinski definition) is 5. The summed E-state index contributed by atoms with van der Waals surface area (Å²) >= 11 is 0. The standard InChI is InChI=1S/C11H14N2O5/c1-6(2)4-9(14)18-8-5-7(3)12-11(15)10(8)13(16)17/h5-6H,4H2,1-3H3,(H,12,15). The number of carbonyl (C=O) groups excluding carboxylic acids is 1. The zero-order chi connectivity index (χ0) is 13.9. The van der Waals surface area contributed by atoms with Crippen molar-refractivity contribution in [1.82, 2.24) is 4.98 Å². The van der Waals surface area contributed by atoms with Crippen LogP contribution in [0, 0.1) is 23.0 Å². The highest BCUT2D eigenvalue weighted by Crippen LogP contribution is 2.23. The van der Waals surface area contributed by atoms with Crippen LogP contribution in [0.4, 0.5) is 5.69 Å². The lowest BCUT2D eigenvalue weighted by Crippen LogP contribution is -2.18. The maximum atomic E-state index is 11.5. The van der Waals surface area contributed by atoms with Crippen molar-refractivity contribution in [2.24, 2.45) is 5.92 Å². The Bertz CT molecular complexity index is 533. The molecule has 0 fully saturated rings. The summed E-state index contributed by atoms with van der Waals surface area (Å²) in [6.45, 7) is 5.18. The molecule has 0 saturated carbocycles. The lowest BCUT2D eigenvalue weighted by molar-refractivity contribution is -0.387. The SMILES string of the molecule is Cc1cc(OC(=O)CC(C)C)c([N+](=O)[O-])c(=O)[nH]1. The molecule has 7 heteroatoms. The number of nitro groups is 1. The van der Waals surface area contributed by atoms with Gasteiger partial charge in [-0.3, -0.25) is 19.7 Å². The second kappa shape index (κ2) is 5.44. The Morgan fingerprint density at radius 2 is 2.17 bits per heavy atom. The van der Waals surface area contributed by atoms with E-state index in [1.54, 1.807) is 6.92 Å². The molecule has 18 heavy (non-hydrogen) atoms. The van der Waals surface area contributed by atoms with Crippen LogP contribution in [0.1, 0.15) is 26.0 Å². The van der Waals surface area contributed by atoms with Gasteiger partial charge in [0.1, 0.15) is 0 Å². The van der Waals surface area contributed by atoms with Crippen LogP contribution in [0.15, 0.2) is 10.9 Å². The highest BCUT2D eigenvalue weighted by Gasteiger charge is 2.23. The van der Waals surface area contributed by atoms with E-state index >= 15 is 0 Å². The normalized spacial score (nSPS) is 10.4. The quantitative estimate of drug-likeness (QED) is 0.498. The monoisotopic (exact) mass is 254 g/mol. The summed E-state index contributed by atoms with van der Waals surface area (Å²) in [7, 11) is 0. The fraction of sp³-hybridized carbons (Fsp3) is 0.455. The number of H-pyrrole nitrogens is 1. The van der Waals surface area contributed by atoms with Gasteiger partial charge in [0.2, 0.25) is 5.75 Å². The van der Waals surface area contributed by atoms with E-state index in [4.69, 9.17) is 4.74 Å². The molecule has 0 aliphatic rings. The fourth-order valence-electron chi connectivity index (χ4n) is 1.40. The smallest absolute Gasteiger partial charge is 0.376 e. The van der Waals surface area contributed by atoms with Gasteiger partial charge in [-0.1, -0.05) is 13.8 Å². The van der Waals surface area contributed by atoms with Gasteiger partial charge in [-0.15, -0.1) is 0 Å². The minimum Gasteiger partial charge on any atom is -0.419 e. The molecular weight excluding hydrogens is 240 g/mol. The minimum atomic E-state index is -0.882. The number of aromatic nitrogens is 1. The molecular formula is C11H14N2O5. The zero-order valence-electron chi connectivity index (χ0n) is 10.4. The maximum Gasteiger partial charge on any atom is 0.376 e. The molecule has 1 rings (SSSR count). The number of rotatable bonds is 4. The molecule has 7 nitrogen and oxygen atoms in total. The van der Waals surface area contributed by atoms with Crippen molar-refractivity contribution < 1.29 is 14.5 Å². The number of aromatic amines is 1. The number of pyridine rings is 1. The molecule has 1 heterocycles. The summed E-state index contributed by atoms with van der Waals surface area (Å²) in [6.07, 6.45) is 0.128. The van der Waals surface area contributed by atoms with Gasteiger partial charge in [-0.25, -0.2) is 0 Å². The molecule has 0 radical (unpaired) electrons. The molecule has 1 N–H and O–H groups in total. The van der Waals surface area contributed by atoms with Gasteiger partial charge in [0.25, 0.3) is 0 Å². The third-order valence-electron chi connectivity index (χ3n) is 2.09. The Morgan fingerprint density at radius 1 is 1.56 bits per heavy atom. The predicted molar refractivity (Wildman–Crippen MR) is 63.5 cm³/mol. The number of esters is 1. The first-order valence-electron chi connectivity index (χ1n) is 5.40. The van der Waals surface area contributed by atoms with Crippen molar-refractivity contribution in [2.75, 3.05) is 0 Å². The second-order valence-corrected chi connectivity index (χ2v) is 4.32. The van der Waals surface area contributed by atoms with Gasteiger partial charge in [0, 0.05) is 18.2 Å². The zero-order valence-corrected chi connectivity index (χ0v) is 10.4. The van der Waals surface area contributed by atoms with E-state index in [9.17, 15) is 19.7 Å². The molecule has 1 aromatic heterocycles. The average Bonchev–Trinajstić information content (AvgIpc) is 2.12. The minimum absolute atomic E-state index is 0.0691. The molecule has 0 bridgehead atoms. The van der Waals surface area contributed by atoms with E-state index in [1.165, 1.54) is 6.07 Å². The highest BCUT2D eigenvalue weighted by atomic mass is 16.6. The van der Waals surface area contributed by atoms with Crippen molar-refractivity contribution in [1.29, 1.82) is 0 Å². The van der Waals surface area contributed by atoms with Crippen LogP contribution in [-0.2, 0) is 4.79 Å². The summed E-state index contributed by atoms with van der Waals surface area (Å²) in [5, 5.41) is 10.8. The predicted octanol–water partition coefficient (Wildman–Crippen LogP) is 1.54. The first kappa shape index (κ1) is 13.9. The van der Waals surface area contributed by atoms with E-state index in [2.05, 4.69) is 4.98 Å². The second-order valence-electron chi connectivity index (χ2n) is 4.32. The number of nitrogens with one attached hydrogen (secondary N) is 1. The van der Waals surface area contributed by atoms with E-state index < -0.39 is 22.1 Å². The van der Waals surface area contributed by atoms with Gasteiger partial charge in [-0.05, 0) is 12.8 Å². The highest BCUT2D eigenvalue weighted by molar-refractivity contribution is 5.73. The third kappa shape index (κ3) is 3.41. The summed E-state index contributed by atoms with van der Waals surface area (Å²) < 4.78 is 4.88. The largest absolute Gasteiger partial charge is 0.419 e. The van der Waals surface area contributed by atoms with Crippen molar-refractivity contribution in [3.8, 4) is 5.75 Å². The number of ether oxygens (including phenoxy) is 1. The van der Waals surface area contributed by atoms with Crippen molar-refractivity contribution >= 4 is 11.7 Å². The average molecular weight is 254 g/mol. The van der Waals surface area contributed by atoms with Crippen LogP contribution in [0.25, 0.3) is 0 Å². The molecule has 0 aliphatic heterocycles. The summed E-state index contributed by atoms with van der Waals surface area (Å²) in [5.41, 5.74) is -1.25. The van der Waals surface area contributed by atoms with Crippen molar-refractivity contribution in [2.45, 2.75) is 27.2 Å². The number of carbonyl (C=O) groups is 1. The van der Waals surface area contributed by atoms with E-state index in [0.717, 1.165) is 0 Å². The van der Waals surface area contributed by atoms with E-state index in [0.29, 0.717) is 5.69 Å². The molecule has 0 aromatic carbocycles. The number of aryl methyl sites for hydroxylation is 1. The molecule has 98 valence electrons. The Labute approximate surface area is 103 Å². The van der Waals surface area contributed by atoms with Gasteiger partial charge >= 0.3 is 17.2 Å². The van der Waals surface area contributed by atoms with E-state index in [-0.39, 0.29) is 18.1 Å². The van der Waals surface area contributed by atoms with Gasteiger partial charge < -0.3 is 9.72 Å². The van der Waals surface area contributed by atoms with Crippen LogP contribution in [0.2, 0.25) is 0 Å². The Hall–Kier alpha value is -2.18. The summed E-state index contributed by atoms with van der Waals surface area (Å²) in [5.74, 6) is -0.843. The lowest BCUT2D eigenvalue weighted by atomic mass is 10.1. The van der Waals surface area contributed by atoms with Crippen molar-refractivity contribution in [3.63, 3.8) is 0 Å². The third-order valence-corrected chi connectivity index (χ3v) is 2.09.